The lowest BCUT2D eigenvalue weighted by Crippen LogP contribution is -2.45. The van der Waals surface area contributed by atoms with E-state index in [9.17, 15) is 9.90 Å². The van der Waals surface area contributed by atoms with Crippen LogP contribution < -0.4 is 0 Å². The van der Waals surface area contributed by atoms with E-state index in [-0.39, 0.29) is 10.8 Å². The van der Waals surface area contributed by atoms with Gasteiger partial charge in [-0.2, -0.15) is 0 Å². The Kier molecular flexibility index (Phi) is 3.62. The SMILES string of the molecule is CC.CC1C2CC(=O)CCC23CC(C)(O)CC1(C)C3. The Bertz CT molecular complexity index is 369. The van der Waals surface area contributed by atoms with Crippen LogP contribution in [-0.4, -0.2) is 16.5 Å². The molecule has 3 aliphatic rings. The second kappa shape index (κ2) is 4.58. The highest BCUT2D eigenvalue weighted by Gasteiger charge is 2.64. The van der Waals surface area contributed by atoms with Gasteiger partial charge in [0.25, 0.3) is 0 Å². The number of carbonyl (C=O) groups excluding carboxylic acids is 1. The van der Waals surface area contributed by atoms with Crippen molar-refractivity contribution in [1.29, 1.82) is 0 Å². The largest absolute Gasteiger partial charge is 0.390 e. The first-order valence-electron chi connectivity index (χ1n) is 8.01. The molecule has 3 aliphatic carbocycles. The molecule has 0 radical (unpaired) electrons. The molecule has 5 unspecified atom stereocenters. The van der Waals surface area contributed by atoms with E-state index >= 15 is 0 Å². The number of hydrogen-bond acceptors (Lipinski definition) is 2. The molecule has 0 aromatic heterocycles. The second-order valence-corrected chi connectivity index (χ2v) is 7.68. The number of rotatable bonds is 0. The van der Waals surface area contributed by atoms with Crippen molar-refractivity contribution in [2.45, 2.75) is 78.7 Å². The van der Waals surface area contributed by atoms with Crippen LogP contribution in [0, 0.1) is 22.7 Å². The smallest absolute Gasteiger partial charge is 0.133 e. The summed E-state index contributed by atoms with van der Waals surface area (Å²) >= 11 is 0. The van der Waals surface area contributed by atoms with E-state index in [1.807, 2.05) is 20.8 Å². The van der Waals surface area contributed by atoms with Gasteiger partial charge in [-0.05, 0) is 55.3 Å². The lowest BCUT2D eigenvalue weighted by atomic mass is 9.59. The summed E-state index contributed by atoms with van der Waals surface area (Å²) in [7, 11) is 0. The van der Waals surface area contributed by atoms with E-state index in [0.29, 0.717) is 17.6 Å². The lowest BCUT2D eigenvalue weighted by Gasteiger charge is -2.48. The minimum atomic E-state index is -0.517. The van der Waals surface area contributed by atoms with Crippen molar-refractivity contribution in [2.24, 2.45) is 22.7 Å². The maximum atomic E-state index is 11.7. The molecule has 0 aliphatic heterocycles. The van der Waals surface area contributed by atoms with Crippen molar-refractivity contribution in [2.75, 3.05) is 0 Å². The maximum absolute atomic E-state index is 11.7. The van der Waals surface area contributed by atoms with E-state index in [0.717, 1.165) is 32.1 Å². The summed E-state index contributed by atoms with van der Waals surface area (Å²) in [6.45, 7) is 10.6. The van der Waals surface area contributed by atoms with E-state index in [1.165, 1.54) is 6.42 Å². The van der Waals surface area contributed by atoms with Gasteiger partial charge in [0.05, 0.1) is 5.60 Å². The Labute approximate surface area is 118 Å². The van der Waals surface area contributed by atoms with E-state index in [1.54, 1.807) is 0 Å². The summed E-state index contributed by atoms with van der Waals surface area (Å²) < 4.78 is 0. The van der Waals surface area contributed by atoms with Crippen molar-refractivity contribution >= 4 is 5.78 Å². The Hall–Kier alpha value is -0.370. The van der Waals surface area contributed by atoms with Crippen LogP contribution in [0.3, 0.4) is 0 Å². The van der Waals surface area contributed by atoms with Crippen molar-refractivity contribution < 1.29 is 9.90 Å². The van der Waals surface area contributed by atoms with Gasteiger partial charge in [-0.1, -0.05) is 27.7 Å². The zero-order valence-corrected chi connectivity index (χ0v) is 13.3. The molecule has 0 aromatic rings. The summed E-state index contributed by atoms with van der Waals surface area (Å²) in [6.07, 6.45) is 5.59. The molecule has 2 nitrogen and oxygen atoms in total. The minimum absolute atomic E-state index is 0.247. The number of ketones is 1. The van der Waals surface area contributed by atoms with Gasteiger partial charge in [-0.15, -0.1) is 0 Å². The number of carbonyl (C=O) groups is 1. The molecular weight excluding hydrogens is 236 g/mol. The summed E-state index contributed by atoms with van der Waals surface area (Å²) in [5, 5.41) is 10.6. The monoisotopic (exact) mass is 266 g/mol. The third-order valence-electron chi connectivity index (χ3n) is 6.11. The van der Waals surface area contributed by atoms with Crippen molar-refractivity contribution in [3.63, 3.8) is 0 Å². The van der Waals surface area contributed by atoms with Gasteiger partial charge in [-0.25, -0.2) is 0 Å². The average Bonchev–Trinajstić information content (AvgIpc) is 2.47. The Morgan fingerprint density at radius 3 is 2.42 bits per heavy atom. The predicted molar refractivity (Wildman–Crippen MR) is 77.9 cm³/mol. The van der Waals surface area contributed by atoms with Crippen LogP contribution in [0.25, 0.3) is 0 Å². The van der Waals surface area contributed by atoms with E-state index in [4.69, 9.17) is 0 Å². The van der Waals surface area contributed by atoms with Gasteiger partial charge in [-0.3, -0.25) is 4.79 Å². The molecule has 110 valence electrons. The highest BCUT2D eigenvalue weighted by Crippen LogP contribution is 2.69. The molecule has 3 rings (SSSR count). The zero-order valence-electron chi connectivity index (χ0n) is 13.3. The molecule has 2 bridgehead atoms. The van der Waals surface area contributed by atoms with Crippen molar-refractivity contribution in [1.82, 2.24) is 0 Å². The predicted octanol–water partition coefficient (Wildman–Crippen LogP) is 3.96. The quantitative estimate of drug-likeness (QED) is 0.720. The van der Waals surface area contributed by atoms with Crippen LogP contribution in [-0.2, 0) is 4.79 Å². The van der Waals surface area contributed by atoms with Gasteiger partial charge in [0, 0.05) is 12.8 Å². The third-order valence-corrected chi connectivity index (χ3v) is 6.11. The summed E-state index contributed by atoms with van der Waals surface area (Å²) in [4.78, 5) is 11.7. The van der Waals surface area contributed by atoms with E-state index in [2.05, 4.69) is 13.8 Å². The zero-order chi connectivity index (χ0) is 14.5. The van der Waals surface area contributed by atoms with Crippen LogP contribution in [0.2, 0.25) is 0 Å². The number of fused-ring (bicyclic) bond motifs is 1. The maximum Gasteiger partial charge on any atom is 0.133 e. The molecule has 0 amide bonds. The van der Waals surface area contributed by atoms with Crippen LogP contribution >= 0.6 is 0 Å². The number of aliphatic hydroxyl groups is 1. The summed E-state index contributed by atoms with van der Waals surface area (Å²) in [6, 6.07) is 0. The Balaban J connectivity index is 0.000000637. The molecule has 0 aromatic carbocycles. The van der Waals surface area contributed by atoms with Crippen LogP contribution in [0.15, 0.2) is 0 Å². The summed E-state index contributed by atoms with van der Waals surface area (Å²) in [5.74, 6) is 1.56. The van der Waals surface area contributed by atoms with Gasteiger partial charge in [0.1, 0.15) is 5.78 Å². The highest BCUT2D eigenvalue weighted by molar-refractivity contribution is 5.80. The first-order valence-corrected chi connectivity index (χ1v) is 8.01. The van der Waals surface area contributed by atoms with Crippen LogP contribution in [0.1, 0.15) is 73.1 Å². The average molecular weight is 266 g/mol. The Morgan fingerprint density at radius 2 is 1.79 bits per heavy atom. The fourth-order valence-electron chi connectivity index (χ4n) is 5.71. The molecule has 2 heteroatoms. The molecule has 3 fully saturated rings. The normalized spacial score (nSPS) is 52.2. The number of hydrogen-bond donors (Lipinski definition) is 1. The molecule has 19 heavy (non-hydrogen) atoms. The fourth-order valence-corrected chi connectivity index (χ4v) is 5.71. The van der Waals surface area contributed by atoms with Gasteiger partial charge < -0.3 is 5.11 Å². The van der Waals surface area contributed by atoms with Gasteiger partial charge in [0.15, 0.2) is 0 Å². The van der Waals surface area contributed by atoms with Gasteiger partial charge in [0.2, 0.25) is 0 Å². The summed E-state index contributed by atoms with van der Waals surface area (Å²) in [5.41, 5.74) is -0.00272. The molecule has 0 saturated heterocycles. The lowest BCUT2D eigenvalue weighted by molar-refractivity contribution is -0.128. The van der Waals surface area contributed by atoms with Crippen molar-refractivity contribution in [3.8, 4) is 0 Å². The molecule has 5 atom stereocenters. The van der Waals surface area contributed by atoms with Crippen LogP contribution in [0.5, 0.6) is 0 Å². The standard InChI is InChI=1S/C15H24O2.C2H6/c1-10-12-6-11(16)4-5-15(12)8-13(10,2)7-14(3,17)9-15;1-2/h10,12,17H,4-9H2,1-3H3;1-2H3. The molecule has 3 saturated carbocycles. The van der Waals surface area contributed by atoms with E-state index < -0.39 is 5.60 Å². The highest BCUT2D eigenvalue weighted by atomic mass is 16.3. The number of Topliss-reactive ketones (excluding diaryl/α,β-unsaturated/α-hetero) is 1. The molecular formula is C17H30O2. The Morgan fingerprint density at radius 1 is 1.16 bits per heavy atom. The third kappa shape index (κ3) is 2.26. The van der Waals surface area contributed by atoms with Crippen LogP contribution in [0.4, 0.5) is 0 Å². The second-order valence-electron chi connectivity index (χ2n) is 7.68. The molecule has 1 N–H and O–H groups in total. The fraction of sp³-hybridized carbons (Fsp3) is 0.941. The molecule has 1 spiro atoms. The topological polar surface area (TPSA) is 37.3 Å². The van der Waals surface area contributed by atoms with Gasteiger partial charge >= 0.3 is 0 Å². The first kappa shape index (κ1) is 15.0. The first-order chi connectivity index (χ1) is 8.77. The van der Waals surface area contributed by atoms with Crippen molar-refractivity contribution in [3.05, 3.63) is 0 Å². The molecule has 0 heterocycles. The minimum Gasteiger partial charge on any atom is -0.390 e.